The largest absolute Gasteiger partial charge is 0.455 e. The van der Waals surface area contributed by atoms with E-state index in [4.69, 9.17) is 26.2 Å². The Kier molecular flexibility index (Phi) is 4.81. The number of hydrogen-bond donors (Lipinski definition) is 0. The molecule has 0 spiro atoms. The molecule has 48 heavy (non-hydrogen) atoms. The van der Waals surface area contributed by atoms with Crippen LogP contribution in [0.3, 0.4) is 0 Å². The van der Waals surface area contributed by atoms with Crippen LogP contribution < -0.4 is 0 Å². The zero-order valence-corrected chi connectivity index (χ0v) is 25.3. The van der Waals surface area contributed by atoms with Gasteiger partial charge in [0.15, 0.2) is 11.6 Å². The summed E-state index contributed by atoms with van der Waals surface area (Å²) in [4.78, 5) is 14.7. The lowest BCUT2D eigenvalue weighted by Gasteiger charge is -2.11. The average Bonchev–Trinajstić information content (AvgIpc) is 3.74. The minimum Gasteiger partial charge on any atom is -0.455 e. The highest BCUT2D eigenvalue weighted by Gasteiger charge is 2.20. The van der Waals surface area contributed by atoms with Crippen molar-refractivity contribution in [3.8, 4) is 39.9 Å². The Morgan fingerprint density at radius 3 is 1.98 bits per heavy atom. The van der Waals surface area contributed by atoms with Gasteiger partial charge in [0.2, 0.25) is 5.95 Å². The number of para-hydroxylation sites is 3. The van der Waals surface area contributed by atoms with Crippen LogP contribution in [0.15, 0.2) is 162 Å². The molecule has 0 saturated heterocycles. The monoisotopic (exact) mass is 619 g/mol. The fraction of sp³-hybridized carbons (Fsp3) is 0. The van der Waals surface area contributed by atoms with Crippen molar-refractivity contribution in [3.05, 3.63) is 158 Å². The molecule has 5 heteroatoms. The summed E-state index contributed by atoms with van der Waals surface area (Å²) >= 11 is 0. The van der Waals surface area contributed by atoms with Crippen LogP contribution in [0.5, 0.6) is 0 Å². The summed E-state index contributed by atoms with van der Waals surface area (Å²) in [5, 5.41) is 6.11. The highest BCUT2D eigenvalue weighted by molar-refractivity contribution is 6.11. The molecular weight excluding hydrogens is 589 g/mol. The topological polar surface area (TPSA) is 56.7 Å². The van der Waals surface area contributed by atoms with Crippen molar-refractivity contribution in [2.45, 2.75) is 0 Å². The Hall–Kier alpha value is -6.59. The molecule has 0 saturated carbocycles. The number of aromatic nitrogens is 4. The number of benzene rings is 7. The summed E-state index contributed by atoms with van der Waals surface area (Å²) < 4.78 is 51.2. The number of fused-ring (bicyclic) bond motifs is 7. The minimum atomic E-state index is -0.490. The van der Waals surface area contributed by atoms with Gasteiger partial charge in [0.05, 0.1) is 23.5 Å². The average molecular weight is 620 g/mol. The van der Waals surface area contributed by atoms with Crippen molar-refractivity contribution in [2.75, 3.05) is 0 Å². The molecule has 0 atom stereocenters. The van der Waals surface area contributed by atoms with Gasteiger partial charge in [-0.3, -0.25) is 4.57 Å². The number of rotatable bonds is 4. The summed E-state index contributed by atoms with van der Waals surface area (Å²) in [6.07, 6.45) is 0. The van der Waals surface area contributed by atoms with Gasteiger partial charge < -0.3 is 4.42 Å². The molecule has 3 aromatic heterocycles. The van der Waals surface area contributed by atoms with Crippen molar-refractivity contribution in [3.63, 3.8) is 0 Å². The predicted octanol–water partition coefficient (Wildman–Crippen LogP) is 11.0. The molecule has 0 aliphatic heterocycles. The first-order valence-corrected chi connectivity index (χ1v) is 15.6. The van der Waals surface area contributed by atoms with Crippen LogP contribution in [0.1, 0.15) is 6.85 Å². The summed E-state index contributed by atoms with van der Waals surface area (Å²) in [6.45, 7) is 0. The van der Waals surface area contributed by atoms with E-state index >= 15 is 0 Å². The molecule has 0 fully saturated rings. The third-order valence-corrected chi connectivity index (χ3v) is 8.95. The van der Waals surface area contributed by atoms with Crippen LogP contribution in [-0.2, 0) is 0 Å². The first-order chi connectivity index (χ1) is 25.9. The van der Waals surface area contributed by atoms with E-state index in [1.807, 2.05) is 89.5 Å². The zero-order chi connectivity index (χ0) is 36.0. The van der Waals surface area contributed by atoms with Gasteiger partial charge in [-0.2, -0.15) is 9.97 Å². The van der Waals surface area contributed by atoms with Gasteiger partial charge in [-0.25, -0.2) is 4.98 Å². The third-order valence-electron chi connectivity index (χ3n) is 8.95. The maximum atomic E-state index is 8.80. The zero-order valence-electron chi connectivity index (χ0n) is 30.3. The van der Waals surface area contributed by atoms with Crippen molar-refractivity contribution < 1.29 is 11.3 Å². The molecule has 3 heterocycles. The van der Waals surface area contributed by atoms with Crippen LogP contribution in [0.2, 0.25) is 0 Å². The van der Waals surface area contributed by atoms with E-state index in [0.29, 0.717) is 16.7 Å². The standard InChI is InChI=1S/C43H26N4O/c1-2-12-28(13-3-1)41-44-42(46-43(45-41)47-37-19-8-6-15-32(37)33-16-7-9-20-38(33)47)36-18-10-17-35-34-24-23-31(26-39(34)48-40(35)36)30-22-21-27-11-4-5-14-29(27)25-30/h1-26H/i1D,2D,3D,12D,13D. The van der Waals surface area contributed by atoms with Gasteiger partial charge in [0.25, 0.3) is 0 Å². The fourth-order valence-corrected chi connectivity index (χ4v) is 6.72. The van der Waals surface area contributed by atoms with Gasteiger partial charge in [-0.1, -0.05) is 121 Å². The Morgan fingerprint density at radius 1 is 0.500 bits per heavy atom. The summed E-state index contributed by atoms with van der Waals surface area (Å²) in [5.74, 6) is 0.426. The van der Waals surface area contributed by atoms with E-state index in [2.05, 4.69) is 42.5 Å². The van der Waals surface area contributed by atoms with E-state index in [9.17, 15) is 0 Å². The number of nitrogens with zero attached hydrogens (tertiary/aromatic N) is 4. The molecule has 0 radical (unpaired) electrons. The van der Waals surface area contributed by atoms with E-state index in [0.717, 1.165) is 49.1 Å². The normalized spacial score (nSPS) is 13.2. The predicted molar refractivity (Wildman–Crippen MR) is 195 cm³/mol. The lowest BCUT2D eigenvalue weighted by molar-refractivity contribution is 0.669. The molecule has 10 rings (SSSR count). The molecular formula is C43H26N4O. The molecule has 5 nitrogen and oxygen atoms in total. The summed E-state index contributed by atoms with van der Waals surface area (Å²) in [7, 11) is 0. The lowest BCUT2D eigenvalue weighted by atomic mass is 10.00. The van der Waals surface area contributed by atoms with Crippen molar-refractivity contribution in [1.29, 1.82) is 0 Å². The van der Waals surface area contributed by atoms with Gasteiger partial charge in [-0.15, -0.1) is 0 Å². The second-order valence-corrected chi connectivity index (χ2v) is 11.7. The summed E-state index contributed by atoms with van der Waals surface area (Å²) in [5.41, 5.74) is 5.50. The maximum Gasteiger partial charge on any atom is 0.238 e. The molecule has 7 aromatic carbocycles. The SMILES string of the molecule is [2H]c1c([2H])c([2H])c(-c2nc(-c3cccc4c3oc3cc(-c5ccc6ccccc6c5)ccc34)nc(-n3c4ccccc4c4ccccc43)n2)c([2H])c1[2H]. The van der Waals surface area contributed by atoms with Gasteiger partial charge in [0, 0.05) is 27.1 Å². The van der Waals surface area contributed by atoms with Crippen molar-refractivity contribution >= 4 is 54.5 Å². The Bertz CT molecular complexity index is 3070. The van der Waals surface area contributed by atoms with E-state index in [1.165, 1.54) is 5.39 Å². The van der Waals surface area contributed by atoms with Gasteiger partial charge in [0.1, 0.15) is 11.2 Å². The maximum absolute atomic E-state index is 8.80. The number of hydrogen-bond acceptors (Lipinski definition) is 4. The van der Waals surface area contributed by atoms with Crippen LogP contribution in [-0.4, -0.2) is 19.5 Å². The fourth-order valence-electron chi connectivity index (χ4n) is 6.72. The highest BCUT2D eigenvalue weighted by Crippen LogP contribution is 2.38. The minimum absolute atomic E-state index is 0.0458. The quantitative estimate of drug-likeness (QED) is 0.197. The molecule has 0 N–H and O–H groups in total. The smallest absolute Gasteiger partial charge is 0.238 e. The van der Waals surface area contributed by atoms with Crippen LogP contribution in [0, 0.1) is 0 Å². The Morgan fingerprint density at radius 2 is 1.17 bits per heavy atom. The van der Waals surface area contributed by atoms with E-state index < -0.39 is 30.2 Å². The van der Waals surface area contributed by atoms with Gasteiger partial charge in [-0.05, 0) is 58.3 Å². The van der Waals surface area contributed by atoms with Gasteiger partial charge >= 0.3 is 0 Å². The number of furan rings is 1. The molecule has 10 aromatic rings. The van der Waals surface area contributed by atoms with Crippen LogP contribution >= 0.6 is 0 Å². The van der Waals surface area contributed by atoms with Crippen LogP contribution in [0.25, 0.3) is 94.4 Å². The molecule has 0 amide bonds. The van der Waals surface area contributed by atoms with E-state index in [1.54, 1.807) is 0 Å². The Labute approximate surface area is 282 Å². The second-order valence-electron chi connectivity index (χ2n) is 11.7. The summed E-state index contributed by atoms with van der Waals surface area (Å²) in [6, 6.07) is 40.3. The second kappa shape index (κ2) is 10.5. The van der Waals surface area contributed by atoms with Crippen LogP contribution in [0.4, 0.5) is 0 Å². The molecule has 0 unspecified atom stereocenters. The van der Waals surface area contributed by atoms with Crippen molar-refractivity contribution in [1.82, 2.24) is 19.5 Å². The molecule has 0 aliphatic carbocycles. The first-order valence-electron chi connectivity index (χ1n) is 18.1. The molecule has 0 aliphatic rings. The van der Waals surface area contributed by atoms with E-state index in [-0.39, 0.29) is 23.2 Å². The first kappa shape index (κ1) is 22.0. The molecule has 224 valence electrons. The third kappa shape index (κ3) is 4.15. The lowest BCUT2D eigenvalue weighted by Crippen LogP contribution is -2.06. The van der Waals surface area contributed by atoms with Crippen molar-refractivity contribution in [2.24, 2.45) is 0 Å². The molecule has 0 bridgehead atoms. The Balaban J connectivity index is 1.23. The highest BCUT2D eigenvalue weighted by atomic mass is 16.3.